The van der Waals surface area contributed by atoms with Crippen LogP contribution in [0.25, 0.3) is 22.0 Å². The number of pyridine rings is 1. The standard InChI is InChI=1S/C27H22BrN5O2S/c1-18-11-12-20(14-25(18)36(34,35)30-17-19-6-5-13-29-16-19)26-23-9-2-3-10-24(23)27(33-32-26)31-22-8-4-7-21(28)15-22/h2-16,30H,17H2,1H3,(H,31,33). The van der Waals surface area contributed by atoms with Crippen LogP contribution in [-0.2, 0) is 16.6 Å². The zero-order valence-corrected chi connectivity index (χ0v) is 21.7. The van der Waals surface area contributed by atoms with Crippen LogP contribution in [0.4, 0.5) is 11.5 Å². The third kappa shape index (κ3) is 5.13. The highest BCUT2D eigenvalue weighted by Gasteiger charge is 2.19. The van der Waals surface area contributed by atoms with Crippen molar-refractivity contribution in [1.82, 2.24) is 19.9 Å². The number of anilines is 2. The number of hydrogen-bond donors (Lipinski definition) is 2. The van der Waals surface area contributed by atoms with Crippen LogP contribution >= 0.6 is 15.9 Å². The first-order valence-corrected chi connectivity index (χ1v) is 13.5. The van der Waals surface area contributed by atoms with Gasteiger partial charge < -0.3 is 5.32 Å². The second kappa shape index (κ2) is 10.1. The fourth-order valence-electron chi connectivity index (χ4n) is 3.91. The van der Waals surface area contributed by atoms with E-state index in [2.05, 4.69) is 41.2 Å². The number of aromatic nitrogens is 3. The van der Waals surface area contributed by atoms with Gasteiger partial charge in [0.2, 0.25) is 10.0 Å². The van der Waals surface area contributed by atoms with E-state index in [-0.39, 0.29) is 11.4 Å². The molecule has 36 heavy (non-hydrogen) atoms. The molecule has 0 radical (unpaired) electrons. The Hall–Kier alpha value is -3.66. The van der Waals surface area contributed by atoms with Crippen molar-refractivity contribution in [3.05, 3.63) is 107 Å². The summed E-state index contributed by atoms with van der Waals surface area (Å²) in [6.07, 6.45) is 3.29. The first-order valence-electron chi connectivity index (χ1n) is 11.2. The van der Waals surface area contributed by atoms with Gasteiger partial charge in [-0.2, -0.15) is 0 Å². The lowest BCUT2D eigenvalue weighted by Gasteiger charge is -2.14. The number of aryl methyl sites for hydroxylation is 1. The second-order valence-corrected chi connectivity index (χ2v) is 10.9. The molecule has 180 valence electrons. The number of benzene rings is 3. The first kappa shape index (κ1) is 24.1. The monoisotopic (exact) mass is 559 g/mol. The van der Waals surface area contributed by atoms with Crippen LogP contribution < -0.4 is 10.0 Å². The summed E-state index contributed by atoms with van der Waals surface area (Å²) in [5.74, 6) is 0.616. The summed E-state index contributed by atoms with van der Waals surface area (Å²) in [6, 6.07) is 24.5. The van der Waals surface area contributed by atoms with E-state index in [0.717, 1.165) is 26.5 Å². The molecule has 5 aromatic rings. The van der Waals surface area contributed by atoms with Crippen LogP contribution in [0.1, 0.15) is 11.1 Å². The van der Waals surface area contributed by atoms with Crippen molar-refractivity contribution in [2.75, 3.05) is 5.32 Å². The molecular formula is C27H22BrN5O2S. The fraction of sp³-hybridized carbons (Fsp3) is 0.0741. The molecule has 9 heteroatoms. The molecule has 0 bridgehead atoms. The molecule has 2 heterocycles. The zero-order chi connectivity index (χ0) is 25.1. The van der Waals surface area contributed by atoms with E-state index in [1.54, 1.807) is 37.5 Å². The predicted molar refractivity (Wildman–Crippen MR) is 145 cm³/mol. The largest absolute Gasteiger partial charge is 0.338 e. The zero-order valence-electron chi connectivity index (χ0n) is 19.3. The maximum Gasteiger partial charge on any atom is 0.241 e. The lowest BCUT2D eigenvalue weighted by Crippen LogP contribution is -2.24. The minimum atomic E-state index is -3.77. The first-order chi connectivity index (χ1) is 17.4. The third-order valence-electron chi connectivity index (χ3n) is 5.71. The Balaban J connectivity index is 1.52. The lowest BCUT2D eigenvalue weighted by molar-refractivity contribution is 0.580. The average Bonchev–Trinajstić information content (AvgIpc) is 2.89. The normalized spacial score (nSPS) is 11.5. The number of halogens is 1. The highest BCUT2D eigenvalue weighted by molar-refractivity contribution is 9.10. The Labute approximate surface area is 217 Å². The van der Waals surface area contributed by atoms with Crippen LogP contribution in [0.5, 0.6) is 0 Å². The van der Waals surface area contributed by atoms with Crippen molar-refractivity contribution in [2.45, 2.75) is 18.4 Å². The van der Waals surface area contributed by atoms with Gasteiger partial charge in [0, 0.05) is 45.4 Å². The summed E-state index contributed by atoms with van der Waals surface area (Å²) in [5.41, 5.74) is 3.57. The minimum absolute atomic E-state index is 0.151. The van der Waals surface area contributed by atoms with Gasteiger partial charge in [0.1, 0.15) is 5.69 Å². The fourth-order valence-corrected chi connectivity index (χ4v) is 5.59. The van der Waals surface area contributed by atoms with Crippen molar-refractivity contribution in [2.24, 2.45) is 0 Å². The van der Waals surface area contributed by atoms with Gasteiger partial charge in [0.25, 0.3) is 0 Å². The molecule has 5 rings (SSSR count). The van der Waals surface area contributed by atoms with E-state index in [1.807, 2.05) is 60.7 Å². The SMILES string of the molecule is Cc1ccc(-c2nnc(Nc3cccc(Br)c3)c3ccccc23)cc1S(=O)(=O)NCc1cccnc1. The van der Waals surface area contributed by atoms with Gasteiger partial charge in [-0.1, -0.05) is 64.5 Å². The summed E-state index contributed by atoms with van der Waals surface area (Å²) in [4.78, 5) is 4.24. The number of sulfonamides is 1. The highest BCUT2D eigenvalue weighted by Crippen LogP contribution is 2.33. The number of nitrogens with one attached hydrogen (secondary N) is 2. The molecule has 0 aliphatic carbocycles. The summed E-state index contributed by atoms with van der Waals surface area (Å²) in [7, 11) is -3.77. The van der Waals surface area contributed by atoms with Gasteiger partial charge in [-0.15, -0.1) is 10.2 Å². The minimum Gasteiger partial charge on any atom is -0.338 e. The number of rotatable bonds is 7. The molecule has 0 unspecified atom stereocenters. The molecule has 0 spiro atoms. The molecule has 0 saturated heterocycles. The lowest BCUT2D eigenvalue weighted by atomic mass is 10.0. The topological polar surface area (TPSA) is 96.9 Å². The van der Waals surface area contributed by atoms with Gasteiger partial charge in [0.05, 0.1) is 4.90 Å². The number of hydrogen-bond acceptors (Lipinski definition) is 6. The van der Waals surface area contributed by atoms with Crippen LogP contribution in [0, 0.1) is 6.92 Å². The van der Waals surface area contributed by atoms with Gasteiger partial charge in [-0.3, -0.25) is 4.98 Å². The molecule has 0 amide bonds. The smallest absolute Gasteiger partial charge is 0.241 e. The molecule has 0 saturated carbocycles. The molecule has 0 aliphatic heterocycles. The van der Waals surface area contributed by atoms with Gasteiger partial charge in [-0.25, -0.2) is 13.1 Å². The van der Waals surface area contributed by atoms with Crippen molar-refractivity contribution in [1.29, 1.82) is 0 Å². The number of nitrogens with zero attached hydrogens (tertiary/aromatic N) is 3. The summed E-state index contributed by atoms with van der Waals surface area (Å²) in [5, 5.41) is 14.0. The molecule has 0 fully saturated rings. The van der Waals surface area contributed by atoms with E-state index in [9.17, 15) is 8.42 Å². The van der Waals surface area contributed by atoms with Crippen molar-refractivity contribution < 1.29 is 8.42 Å². The van der Waals surface area contributed by atoms with Gasteiger partial charge >= 0.3 is 0 Å². The molecule has 0 atom stereocenters. The Kier molecular flexibility index (Phi) is 6.77. The van der Waals surface area contributed by atoms with Crippen LogP contribution in [-0.4, -0.2) is 23.6 Å². The van der Waals surface area contributed by atoms with E-state index in [1.165, 1.54) is 0 Å². The van der Waals surface area contributed by atoms with Crippen LogP contribution in [0.3, 0.4) is 0 Å². The Morgan fingerprint density at radius 2 is 1.72 bits per heavy atom. The van der Waals surface area contributed by atoms with Gasteiger partial charge in [-0.05, 0) is 48.4 Å². The quantitative estimate of drug-likeness (QED) is 0.254. The maximum absolute atomic E-state index is 13.2. The van der Waals surface area contributed by atoms with E-state index in [0.29, 0.717) is 22.6 Å². The third-order valence-corrected chi connectivity index (χ3v) is 7.75. The van der Waals surface area contributed by atoms with Crippen LogP contribution in [0.2, 0.25) is 0 Å². The van der Waals surface area contributed by atoms with Crippen molar-refractivity contribution in [3.63, 3.8) is 0 Å². The summed E-state index contributed by atoms with van der Waals surface area (Å²) < 4.78 is 30.0. The Morgan fingerprint density at radius 1 is 0.889 bits per heavy atom. The van der Waals surface area contributed by atoms with Crippen molar-refractivity contribution in [3.8, 4) is 11.3 Å². The van der Waals surface area contributed by atoms with Crippen LogP contribution in [0.15, 0.2) is 101 Å². The molecule has 2 aromatic heterocycles. The number of fused-ring (bicyclic) bond motifs is 1. The van der Waals surface area contributed by atoms with Crippen molar-refractivity contribution >= 4 is 48.2 Å². The second-order valence-electron chi connectivity index (χ2n) is 8.24. The Bertz CT molecular complexity index is 1660. The molecule has 7 nitrogen and oxygen atoms in total. The summed E-state index contributed by atoms with van der Waals surface area (Å²) in [6.45, 7) is 1.93. The maximum atomic E-state index is 13.2. The average molecular weight is 560 g/mol. The molecular weight excluding hydrogens is 538 g/mol. The Morgan fingerprint density at radius 3 is 2.50 bits per heavy atom. The van der Waals surface area contributed by atoms with Gasteiger partial charge in [0.15, 0.2) is 5.82 Å². The highest BCUT2D eigenvalue weighted by atomic mass is 79.9. The van der Waals surface area contributed by atoms with E-state index < -0.39 is 10.0 Å². The molecule has 2 N–H and O–H groups in total. The predicted octanol–water partition coefficient (Wildman–Crippen LogP) is 5.98. The molecule has 0 aliphatic rings. The van der Waals surface area contributed by atoms with E-state index >= 15 is 0 Å². The van der Waals surface area contributed by atoms with E-state index in [4.69, 9.17) is 0 Å². The summed E-state index contributed by atoms with van der Waals surface area (Å²) >= 11 is 3.49. The molecule has 3 aromatic carbocycles.